The highest BCUT2D eigenvalue weighted by Gasteiger charge is 2.61. The van der Waals surface area contributed by atoms with Gasteiger partial charge in [-0.15, -0.1) is 0 Å². The third-order valence-corrected chi connectivity index (χ3v) is 23.2. The summed E-state index contributed by atoms with van der Waals surface area (Å²) in [6.45, 7) is 0. The molecule has 6 aliphatic carbocycles. The monoisotopic (exact) mass is 648 g/mol. The van der Waals surface area contributed by atoms with Crippen molar-refractivity contribution in [2.45, 2.75) is 231 Å². The standard InChI is InChI=1S/C43H70P2/c1-8-22-36(23-9-1)41(42(32-18-6-19-33-42)44(37-24-10-2-11-25-37)38-26-12-3-13-27-38)43(34-20-7-21-35-43)45(39-28-14-4-15-29-39)40-30-16-5-17-31-40/h1,8-9,22-23,37-41H,2-7,10-21,24-35H2. The van der Waals surface area contributed by atoms with Crippen molar-refractivity contribution in [3.63, 3.8) is 0 Å². The highest BCUT2D eigenvalue weighted by Crippen LogP contribution is 2.79. The largest absolute Gasteiger partial charge is 0.0933 e. The average molecular weight is 649 g/mol. The van der Waals surface area contributed by atoms with Crippen LogP contribution in [-0.4, -0.2) is 32.9 Å². The van der Waals surface area contributed by atoms with Crippen molar-refractivity contribution in [1.82, 2.24) is 0 Å². The summed E-state index contributed by atoms with van der Waals surface area (Å²) in [6, 6.07) is 12.8. The Morgan fingerprint density at radius 2 is 0.667 bits per heavy atom. The third-order valence-electron chi connectivity index (χ3n) is 14.5. The van der Waals surface area contributed by atoms with Gasteiger partial charge in [-0.1, -0.05) is 162 Å². The van der Waals surface area contributed by atoms with Crippen molar-refractivity contribution < 1.29 is 0 Å². The molecule has 0 aromatic heterocycles. The molecule has 0 aliphatic heterocycles. The molecule has 0 spiro atoms. The second-order valence-corrected chi connectivity index (χ2v) is 23.5. The van der Waals surface area contributed by atoms with Crippen LogP contribution in [0.4, 0.5) is 0 Å². The molecule has 0 nitrogen and oxygen atoms in total. The molecular formula is C43H70P2. The lowest BCUT2D eigenvalue weighted by Crippen LogP contribution is -2.54. The van der Waals surface area contributed by atoms with E-state index in [1.54, 1.807) is 154 Å². The molecule has 7 rings (SSSR count). The van der Waals surface area contributed by atoms with E-state index in [1.807, 2.05) is 5.56 Å². The van der Waals surface area contributed by atoms with Gasteiger partial charge < -0.3 is 0 Å². The van der Waals surface area contributed by atoms with Gasteiger partial charge in [-0.05, 0) is 116 Å². The van der Waals surface area contributed by atoms with Gasteiger partial charge in [0.2, 0.25) is 0 Å². The molecule has 6 fully saturated rings. The number of benzene rings is 1. The van der Waals surface area contributed by atoms with Crippen molar-refractivity contribution in [3.8, 4) is 0 Å². The normalized spacial score (nSPS) is 28.2. The molecule has 1 aromatic carbocycles. The van der Waals surface area contributed by atoms with Gasteiger partial charge in [0, 0.05) is 5.92 Å². The molecule has 0 N–H and O–H groups in total. The highest BCUT2D eigenvalue weighted by atomic mass is 31.1. The van der Waals surface area contributed by atoms with Crippen LogP contribution in [0, 0.1) is 0 Å². The maximum Gasteiger partial charge on any atom is 0.00303 e. The summed E-state index contributed by atoms with van der Waals surface area (Å²) < 4.78 is 0. The molecule has 6 aliphatic rings. The molecule has 1 aromatic rings. The van der Waals surface area contributed by atoms with E-state index in [-0.39, 0.29) is 15.8 Å². The Labute approximate surface area is 282 Å². The Kier molecular flexibility index (Phi) is 12.1. The van der Waals surface area contributed by atoms with Gasteiger partial charge in [0.25, 0.3) is 0 Å². The molecule has 0 heterocycles. The Hall–Kier alpha value is 0.0800. The predicted octanol–water partition coefficient (Wildman–Crippen LogP) is 14.5. The first-order valence-electron chi connectivity index (χ1n) is 20.9. The first-order chi connectivity index (χ1) is 22.3. The average Bonchev–Trinajstić information content (AvgIpc) is 3.12. The zero-order valence-electron chi connectivity index (χ0n) is 29.4. The van der Waals surface area contributed by atoms with Crippen LogP contribution in [0.25, 0.3) is 0 Å². The Morgan fingerprint density at radius 3 is 0.978 bits per heavy atom. The molecule has 0 unspecified atom stereocenters. The van der Waals surface area contributed by atoms with Gasteiger partial charge in [-0.2, -0.15) is 0 Å². The fraction of sp³-hybridized carbons (Fsp3) is 0.860. The van der Waals surface area contributed by atoms with Crippen LogP contribution in [0.1, 0.15) is 204 Å². The lowest BCUT2D eigenvalue weighted by molar-refractivity contribution is 0.236. The van der Waals surface area contributed by atoms with Crippen molar-refractivity contribution in [2.75, 3.05) is 0 Å². The minimum atomic E-state index is 0.0317. The number of rotatable bonds is 9. The lowest BCUT2D eigenvalue weighted by atomic mass is 9.65. The van der Waals surface area contributed by atoms with Crippen molar-refractivity contribution in [2.24, 2.45) is 0 Å². The van der Waals surface area contributed by atoms with Crippen molar-refractivity contribution in [1.29, 1.82) is 0 Å². The molecule has 0 bridgehead atoms. The van der Waals surface area contributed by atoms with Crippen LogP contribution in [0.5, 0.6) is 0 Å². The summed E-state index contributed by atoms with van der Waals surface area (Å²) >= 11 is 0. The molecule has 0 radical (unpaired) electrons. The molecule has 0 saturated heterocycles. The third kappa shape index (κ3) is 7.21. The Bertz CT molecular complexity index is 884. The van der Waals surface area contributed by atoms with E-state index in [9.17, 15) is 0 Å². The Balaban J connectivity index is 1.43. The second kappa shape index (κ2) is 16.2. The fourth-order valence-electron chi connectivity index (χ4n) is 13.0. The topological polar surface area (TPSA) is 0 Å². The molecule has 0 atom stereocenters. The summed E-state index contributed by atoms with van der Waals surface area (Å²) in [6.07, 6.45) is 46.9. The van der Waals surface area contributed by atoms with E-state index in [0.29, 0.717) is 10.3 Å². The first kappa shape index (κ1) is 33.6. The lowest BCUT2D eigenvalue weighted by Gasteiger charge is -2.65. The maximum absolute atomic E-state index is 2.72. The van der Waals surface area contributed by atoms with Gasteiger partial charge in [0.05, 0.1) is 0 Å². The van der Waals surface area contributed by atoms with E-state index in [0.717, 1.165) is 28.6 Å². The predicted molar refractivity (Wildman–Crippen MR) is 202 cm³/mol. The van der Waals surface area contributed by atoms with Gasteiger partial charge >= 0.3 is 0 Å². The quantitative estimate of drug-likeness (QED) is 0.234. The first-order valence-corrected chi connectivity index (χ1v) is 23.9. The minimum Gasteiger partial charge on any atom is -0.0933 e. The van der Waals surface area contributed by atoms with E-state index in [2.05, 4.69) is 30.3 Å². The molecule has 6 saturated carbocycles. The minimum absolute atomic E-state index is 0.0317. The van der Waals surface area contributed by atoms with E-state index in [1.165, 1.54) is 38.5 Å². The van der Waals surface area contributed by atoms with Crippen molar-refractivity contribution >= 4 is 15.8 Å². The SMILES string of the molecule is c1ccc(C(C2(P(C3CCCCC3)C3CCCCC3)CCCCC2)C2(P(C3CCCCC3)C3CCCCC3)CCCCC2)cc1. The molecule has 2 heteroatoms. The van der Waals surface area contributed by atoms with E-state index >= 15 is 0 Å². The van der Waals surface area contributed by atoms with E-state index < -0.39 is 0 Å². The zero-order chi connectivity index (χ0) is 30.4. The maximum atomic E-state index is 2.72. The van der Waals surface area contributed by atoms with E-state index in [4.69, 9.17) is 0 Å². The van der Waals surface area contributed by atoms with Gasteiger partial charge in [0.15, 0.2) is 0 Å². The van der Waals surface area contributed by atoms with Crippen LogP contribution in [0.3, 0.4) is 0 Å². The van der Waals surface area contributed by atoms with Crippen LogP contribution in [0.2, 0.25) is 0 Å². The summed E-state index contributed by atoms with van der Waals surface area (Å²) in [5.41, 5.74) is 6.18. The fourth-order valence-corrected chi connectivity index (χ4v) is 23.9. The zero-order valence-corrected chi connectivity index (χ0v) is 31.2. The summed E-state index contributed by atoms with van der Waals surface area (Å²) in [5, 5.41) is 1.22. The van der Waals surface area contributed by atoms with Gasteiger partial charge in [-0.25, -0.2) is 0 Å². The van der Waals surface area contributed by atoms with Crippen LogP contribution < -0.4 is 0 Å². The second-order valence-electron chi connectivity index (χ2n) is 17.2. The number of hydrogen-bond donors (Lipinski definition) is 0. The van der Waals surface area contributed by atoms with Crippen molar-refractivity contribution in [3.05, 3.63) is 35.9 Å². The molecule has 252 valence electrons. The number of hydrogen-bond acceptors (Lipinski definition) is 0. The summed E-state index contributed by atoms with van der Waals surface area (Å²) in [5.74, 6) is 0.858. The smallest absolute Gasteiger partial charge is 0.00303 e. The molecule has 45 heavy (non-hydrogen) atoms. The van der Waals surface area contributed by atoms with Crippen LogP contribution in [-0.2, 0) is 0 Å². The Morgan fingerprint density at radius 1 is 0.378 bits per heavy atom. The summed E-state index contributed by atoms with van der Waals surface area (Å²) in [4.78, 5) is 0. The highest BCUT2D eigenvalue weighted by molar-refractivity contribution is 7.62. The molecular weight excluding hydrogens is 578 g/mol. The van der Waals surface area contributed by atoms with Gasteiger partial charge in [-0.3, -0.25) is 0 Å². The molecule has 0 amide bonds. The van der Waals surface area contributed by atoms with Gasteiger partial charge in [0.1, 0.15) is 0 Å². The summed E-state index contributed by atoms with van der Waals surface area (Å²) in [7, 11) is 0.0634. The van der Waals surface area contributed by atoms with Crippen LogP contribution >= 0.6 is 15.8 Å². The van der Waals surface area contributed by atoms with Crippen LogP contribution in [0.15, 0.2) is 30.3 Å².